The van der Waals surface area contributed by atoms with Gasteiger partial charge in [0.2, 0.25) is 0 Å². The maximum absolute atomic E-state index is 13.5. The molecule has 5 heteroatoms. The van der Waals surface area contributed by atoms with Gasteiger partial charge < -0.3 is 4.74 Å². The zero-order valence-corrected chi connectivity index (χ0v) is 9.81. The van der Waals surface area contributed by atoms with Crippen LogP contribution in [-0.4, -0.2) is 6.36 Å². The fourth-order valence-corrected chi connectivity index (χ4v) is 1.43. The van der Waals surface area contributed by atoms with Crippen molar-refractivity contribution < 1.29 is 22.3 Å². The van der Waals surface area contributed by atoms with Gasteiger partial charge in [0.05, 0.1) is 0 Å². The quantitative estimate of drug-likeness (QED) is 0.718. The first-order chi connectivity index (χ1) is 7.70. The van der Waals surface area contributed by atoms with Crippen LogP contribution in [0.5, 0.6) is 5.75 Å². The molecule has 0 aliphatic carbocycles. The lowest BCUT2D eigenvalue weighted by Gasteiger charge is -2.18. The molecule has 1 aromatic carbocycles. The summed E-state index contributed by atoms with van der Waals surface area (Å²) in [6.45, 7) is 5.52. The Labute approximate surface area is 97.4 Å². The number of halogens is 4. The van der Waals surface area contributed by atoms with Gasteiger partial charge in [-0.05, 0) is 35.6 Å². The maximum atomic E-state index is 13.5. The van der Waals surface area contributed by atoms with E-state index in [2.05, 4.69) is 4.74 Å². The molecule has 0 fully saturated rings. The summed E-state index contributed by atoms with van der Waals surface area (Å²) < 4.78 is 53.3. The monoisotopic (exact) mass is 250 g/mol. The van der Waals surface area contributed by atoms with Crippen molar-refractivity contribution in [3.8, 4) is 5.75 Å². The Bertz CT molecular complexity index is 385. The van der Waals surface area contributed by atoms with Gasteiger partial charge in [0.25, 0.3) is 0 Å². The van der Waals surface area contributed by atoms with Crippen LogP contribution in [-0.2, 0) is 0 Å². The highest BCUT2D eigenvalue weighted by Crippen LogP contribution is 2.31. The van der Waals surface area contributed by atoms with Crippen LogP contribution in [0.3, 0.4) is 0 Å². The molecule has 1 aromatic rings. The number of hydrogen-bond donors (Lipinski definition) is 0. The van der Waals surface area contributed by atoms with E-state index in [1.165, 1.54) is 0 Å². The zero-order valence-electron chi connectivity index (χ0n) is 9.81. The Morgan fingerprint density at radius 1 is 1.12 bits per heavy atom. The molecule has 1 nitrogen and oxygen atoms in total. The van der Waals surface area contributed by atoms with Crippen molar-refractivity contribution in [3.05, 3.63) is 29.6 Å². The van der Waals surface area contributed by atoms with Crippen LogP contribution in [0.1, 0.15) is 32.3 Å². The minimum absolute atomic E-state index is 0.130. The van der Waals surface area contributed by atoms with Gasteiger partial charge in [-0.15, -0.1) is 13.2 Å². The summed E-state index contributed by atoms with van der Waals surface area (Å²) in [7, 11) is 0. The molecule has 0 amide bonds. The number of alkyl halides is 3. The molecule has 0 saturated carbocycles. The number of rotatable bonds is 3. The molecule has 0 N–H and O–H groups in total. The van der Waals surface area contributed by atoms with Crippen LogP contribution in [0.25, 0.3) is 0 Å². The standard InChI is InChI=1S/C12H14F4O/c1-7(2)8(3)10-6-9(4-5-11(10)13)17-12(14,15)16/h4-8H,1-3H3/t8-/m1/s1. The van der Waals surface area contributed by atoms with E-state index >= 15 is 0 Å². The molecule has 1 rings (SSSR count). The van der Waals surface area contributed by atoms with Crippen LogP contribution in [0, 0.1) is 11.7 Å². The molecule has 0 spiro atoms. The van der Waals surface area contributed by atoms with E-state index in [1.54, 1.807) is 6.92 Å². The van der Waals surface area contributed by atoms with Crippen molar-refractivity contribution in [2.75, 3.05) is 0 Å². The highest BCUT2D eigenvalue weighted by Gasteiger charge is 2.31. The van der Waals surface area contributed by atoms with Crippen LogP contribution in [0.2, 0.25) is 0 Å². The van der Waals surface area contributed by atoms with Crippen molar-refractivity contribution in [2.45, 2.75) is 33.1 Å². The minimum atomic E-state index is -4.75. The lowest BCUT2D eigenvalue weighted by Crippen LogP contribution is -2.17. The second-order valence-corrected chi connectivity index (χ2v) is 4.26. The maximum Gasteiger partial charge on any atom is 0.573 e. The molecule has 0 radical (unpaired) electrons. The second-order valence-electron chi connectivity index (χ2n) is 4.26. The van der Waals surface area contributed by atoms with E-state index < -0.39 is 12.2 Å². The van der Waals surface area contributed by atoms with Gasteiger partial charge in [0.15, 0.2) is 0 Å². The number of benzene rings is 1. The molecule has 0 heterocycles. The highest BCUT2D eigenvalue weighted by molar-refractivity contribution is 5.32. The molecular formula is C12H14F4O. The van der Waals surface area contributed by atoms with E-state index in [-0.39, 0.29) is 23.1 Å². The molecule has 96 valence electrons. The Morgan fingerprint density at radius 2 is 1.71 bits per heavy atom. The summed E-state index contributed by atoms with van der Waals surface area (Å²) in [5.74, 6) is -0.945. The molecule has 0 saturated heterocycles. The van der Waals surface area contributed by atoms with E-state index in [4.69, 9.17) is 0 Å². The summed E-state index contributed by atoms with van der Waals surface area (Å²) in [5.41, 5.74) is 0.238. The van der Waals surface area contributed by atoms with Crippen LogP contribution >= 0.6 is 0 Å². The average Bonchev–Trinajstić information content (AvgIpc) is 2.17. The number of hydrogen-bond acceptors (Lipinski definition) is 1. The first-order valence-electron chi connectivity index (χ1n) is 5.26. The molecule has 0 aliphatic heterocycles. The van der Waals surface area contributed by atoms with E-state index in [9.17, 15) is 17.6 Å². The molecule has 0 bridgehead atoms. The lowest BCUT2D eigenvalue weighted by molar-refractivity contribution is -0.274. The van der Waals surface area contributed by atoms with Crippen LogP contribution < -0.4 is 4.74 Å². The molecule has 0 aromatic heterocycles. The van der Waals surface area contributed by atoms with Crippen molar-refractivity contribution in [3.63, 3.8) is 0 Å². The Hall–Kier alpha value is -1.26. The van der Waals surface area contributed by atoms with Crippen molar-refractivity contribution in [1.82, 2.24) is 0 Å². The van der Waals surface area contributed by atoms with Crippen molar-refractivity contribution in [1.29, 1.82) is 0 Å². The van der Waals surface area contributed by atoms with Gasteiger partial charge in [0.1, 0.15) is 11.6 Å². The fourth-order valence-electron chi connectivity index (χ4n) is 1.43. The molecular weight excluding hydrogens is 236 g/mol. The largest absolute Gasteiger partial charge is 0.573 e. The van der Waals surface area contributed by atoms with Gasteiger partial charge in [-0.2, -0.15) is 0 Å². The second kappa shape index (κ2) is 4.94. The smallest absolute Gasteiger partial charge is 0.406 e. The first kappa shape index (κ1) is 13.8. The fraction of sp³-hybridized carbons (Fsp3) is 0.500. The van der Waals surface area contributed by atoms with Gasteiger partial charge >= 0.3 is 6.36 Å². The highest BCUT2D eigenvalue weighted by atomic mass is 19.4. The van der Waals surface area contributed by atoms with Gasteiger partial charge in [0, 0.05) is 0 Å². The lowest BCUT2D eigenvalue weighted by atomic mass is 9.90. The van der Waals surface area contributed by atoms with Crippen molar-refractivity contribution >= 4 is 0 Å². The molecule has 0 unspecified atom stereocenters. The Kier molecular flexibility index (Phi) is 4.01. The molecule has 0 aliphatic rings. The van der Waals surface area contributed by atoms with E-state index in [0.717, 1.165) is 18.2 Å². The molecule has 17 heavy (non-hydrogen) atoms. The third kappa shape index (κ3) is 3.91. The summed E-state index contributed by atoms with van der Waals surface area (Å²) in [6, 6.07) is 3.07. The van der Waals surface area contributed by atoms with Crippen LogP contribution in [0.15, 0.2) is 18.2 Å². The summed E-state index contributed by atoms with van der Waals surface area (Å²) in [4.78, 5) is 0. The van der Waals surface area contributed by atoms with Crippen molar-refractivity contribution in [2.24, 2.45) is 5.92 Å². The topological polar surface area (TPSA) is 9.23 Å². The van der Waals surface area contributed by atoms with Gasteiger partial charge in [-0.1, -0.05) is 20.8 Å². The minimum Gasteiger partial charge on any atom is -0.406 e. The first-order valence-corrected chi connectivity index (χ1v) is 5.26. The third-order valence-corrected chi connectivity index (χ3v) is 2.69. The average molecular weight is 250 g/mol. The molecule has 1 atom stereocenters. The Morgan fingerprint density at radius 3 is 2.18 bits per heavy atom. The Balaban J connectivity index is 3.02. The normalized spacial score (nSPS) is 13.9. The van der Waals surface area contributed by atoms with Gasteiger partial charge in [-0.25, -0.2) is 4.39 Å². The van der Waals surface area contributed by atoms with Crippen LogP contribution in [0.4, 0.5) is 17.6 Å². The predicted molar refractivity (Wildman–Crippen MR) is 56.3 cm³/mol. The SMILES string of the molecule is CC(C)[C@@H](C)c1cc(OC(F)(F)F)ccc1F. The van der Waals surface area contributed by atoms with E-state index in [1.807, 2.05) is 13.8 Å². The van der Waals surface area contributed by atoms with E-state index in [0.29, 0.717) is 0 Å². The summed E-state index contributed by atoms with van der Waals surface area (Å²) in [5, 5.41) is 0. The summed E-state index contributed by atoms with van der Waals surface area (Å²) >= 11 is 0. The predicted octanol–water partition coefficient (Wildman–Crippen LogP) is 4.48. The van der Waals surface area contributed by atoms with Gasteiger partial charge in [-0.3, -0.25) is 0 Å². The third-order valence-electron chi connectivity index (χ3n) is 2.69. The number of ether oxygens (including phenoxy) is 1. The zero-order chi connectivity index (χ0) is 13.2. The summed E-state index contributed by atoms with van der Waals surface area (Å²) in [6.07, 6.45) is -4.75.